The van der Waals surface area contributed by atoms with E-state index in [2.05, 4.69) is 31.8 Å². The van der Waals surface area contributed by atoms with Gasteiger partial charge < -0.3 is 5.32 Å². The summed E-state index contributed by atoms with van der Waals surface area (Å²) in [7, 11) is 0. The number of carbonyl (C=O) groups excluding carboxylic acids is 2. The van der Waals surface area contributed by atoms with Crippen LogP contribution in [-0.2, 0) is 9.59 Å². The summed E-state index contributed by atoms with van der Waals surface area (Å²) in [4.78, 5) is 23.5. The number of carbonyl (C=O) groups is 2. The Morgan fingerprint density at radius 3 is 2.58 bits per heavy atom. The van der Waals surface area contributed by atoms with Crippen molar-refractivity contribution in [3.05, 3.63) is 63.6 Å². The van der Waals surface area contributed by atoms with E-state index in [9.17, 15) is 9.59 Å². The fourth-order valence-electron chi connectivity index (χ4n) is 1.83. The van der Waals surface area contributed by atoms with Crippen LogP contribution in [0, 0.1) is 0 Å². The Kier molecular flexibility index (Phi) is 6.96. The number of hydrogen-bond donors (Lipinski definition) is 2. The molecule has 0 aliphatic carbocycles. The van der Waals surface area contributed by atoms with E-state index in [1.165, 1.54) is 6.21 Å². The molecule has 124 valence electrons. The quantitative estimate of drug-likeness (QED) is 0.561. The second kappa shape index (κ2) is 9.20. The molecule has 0 unspecified atom stereocenters. The number of halogens is 2. The zero-order chi connectivity index (χ0) is 17.4. The standard InChI is InChI=1S/C17H15BrClN3O2/c18-13-5-3-6-14(10-13)21-16(23)8-9-17(24)22-20-11-12-4-1-2-7-15(12)19/h1-7,10-11H,8-9H2,(H,21,23)(H,22,24)/b20-11+. The lowest BCUT2D eigenvalue weighted by molar-refractivity contribution is -0.124. The normalized spacial score (nSPS) is 10.6. The smallest absolute Gasteiger partial charge is 0.240 e. The number of amides is 2. The lowest BCUT2D eigenvalue weighted by Crippen LogP contribution is -2.20. The molecule has 2 N–H and O–H groups in total. The molecule has 0 saturated carbocycles. The molecule has 2 aromatic rings. The van der Waals surface area contributed by atoms with E-state index in [1.807, 2.05) is 24.3 Å². The van der Waals surface area contributed by atoms with Crippen molar-refractivity contribution in [3.8, 4) is 0 Å². The van der Waals surface area contributed by atoms with E-state index in [0.29, 0.717) is 16.3 Å². The van der Waals surface area contributed by atoms with Crippen molar-refractivity contribution in [3.63, 3.8) is 0 Å². The Bertz CT molecular complexity index is 765. The first-order valence-electron chi connectivity index (χ1n) is 7.16. The van der Waals surface area contributed by atoms with Crippen LogP contribution in [0.5, 0.6) is 0 Å². The lowest BCUT2D eigenvalue weighted by atomic mass is 10.2. The predicted molar refractivity (Wildman–Crippen MR) is 99.2 cm³/mol. The minimum atomic E-state index is -0.345. The molecular weight excluding hydrogens is 394 g/mol. The van der Waals surface area contributed by atoms with Gasteiger partial charge in [0.25, 0.3) is 0 Å². The molecule has 0 aliphatic rings. The molecule has 2 rings (SSSR count). The van der Waals surface area contributed by atoms with Crippen LogP contribution in [0.25, 0.3) is 0 Å². The molecule has 0 aliphatic heterocycles. The third-order valence-electron chi connectivity index (χ3n) is 2.99. The highest BCUT2D eigenvalue weighted by atomic mass is 79.9. The SMILES string of the molecule is O=C(CCC(=O)Nc1cccc(Br)c1)N/N=C/c1ccccc1Cl. The van der Waals surface area contributed by atoms with Crippen molar-refractivity contribution in [1.82, 2.24) is 5.43 Å². The molecule has 0 fully saturated rings. The molecule has 0 saturated heterocycles. The molecule has 0 bridgehead atoms. The molecule has 0 spiro atoms. The molecule has 0 atom stereocenters. The maximum atomic E-state index is 11.8. The first-order valence-corrected chi connectivity index (χ1v) is 8.33. The van der Waals surface area contributed by atoms with E-state index < -0.39 is 0 Å². The van der Waals surface area contributed by atoms with Gasteiger partial charge in [0.05, 0.1) is 6.21 Å². The van der Waals surface area contributed by atoms with Gasteiger partial charge in [0.2, 0.25) is 11.8 Å². The Morgan fingerprint density at radius 1 is 1.08 bits per heavy atom. The lowest BCUT2D eigenvalue weighted by Gasteiger charge is -2.05. The zero-order valence-corrected chi connectivity index (χ0v) is 15.0. The molecular formula is C17H15BrClN3O2. The molecule has 0 aromatic heterocycles. The van der Waals surface area contributed by atoms with Crippen LogP contribution < -0.4 is 10.7 Å². The van der Waals surface area contributed by atoms with Crippen LogP contribution in [0.15, 0.2) is 58.1 Å². The van der Waals surface area contributed by atoms with Gasteiger partial charge in [-0.3, -0.25) is 9.59 Å². The van der Waals surface area contributed by atoms with Gasteiger partial charge in [0.1, 0.15) is 0 Å². The Morgan fingerprint density at radius 2 is 1.83 bits per heavy atom. The highest BCUT2D eigenvalue weighted by Gasteiger charge is 2.07. The summed E-state index contributed by atoms with van der Waals surface area (Å²) < 4.78 is 0.868. The number of benzene rings is 2. The molecule has 0 heterocycles. The van der Waals surface area contributed by atoms with Crippen molar-refractivity contribution in [2.75, 3.05) is 5.32 Å². The number of nitrogens with one attached hydrogen (secondary N) is 2. The third kappa shape index (κ3) is 6.14. The minimum Gasteiger partial charge on any atom is -0.326 e. The van der Waals surface area contributed by atoms with Gasteiger partial charge in [-0.25, -0.2) is 5.43 Å². The average molecular weight is 409 g/mol. The van der Waals surface area contributed by atoms with Crippen LogP contribution in [0.2, 0.25) is 5.02 Å². The maximum absolute atomic E-state index is 11.8. The van der Waals surface area contributed by atoms with E-state index in [-0.39, 0.29) is 24.7 Å². The summed E-state index contributed by atoms with van der Waals surface area (Å²) in [5.41, 5.74) is 3.74. The third-order valence-corrected chi connectivity index (χ3v) is 3.82. The Labute approximate surface area is 153 Å². The van der Waals surface area contributed by atoms with Crippen molar-refractivity contribution < 1.29 is 9.59 Å². The van der Waals surface area contributed by atoms with E-state index in [1.54, 1.807) is 24.3 Å². The summed E-state index contributed by atoms with van der Waals surface area (Å²) in [6, 6.07) is 14.4. The number of hydrazone groups is 1. The molecule has 0 radical (unpaired) electrons. The highest BCUT2D eigenvalue weighted by molar-refractivity contribution is 9.10. The minimum absolute atomic E-state index is 0.0414. The summed E-state index contributed by atoms with van der Waals surface area (Å²) in [5.74, 6) is -0.582. The van der Waals surface area contributed by atoms with Crippen LogP contribution in [0.1, 0.15) is 18.4 Å². The first kappa shape index (κ1) is 18.2. The predicted octanol–water partition coefficient (Wildman–Crippen LogP) is 3.97. The van der Waals surface area contributed by atoms with Crippen LogP contribution in [-0.4, -0.2) is 18.0 Å². The van der Waals surface area contributed by atoms with Gasteiger partial charge >= 0.3 is 0 Å². The number of rotatable bonds is 6. The van der Waals surface area contributed by atoms with Crippen molar-refractivity contribution in [1.29, 1.82) is 0 Å². The summed E-state index contributed by atoms with van der Waals surface area (Å²) in [6.07, 6.45) is 1.57. The molecule has 7 heteroatoms. The van der Waals surface area contributed by atoms with Gasteiger partial charge in [0.15, 0.2) is 0 Å². The van der Waals surface area contributed by atoms with E-state index in [4.69, 9.17) is 11.6 Å². The second-order valence-corrected chi connectivity index (χ2v) is 6.20. The summed E-state index contributed by atoms with van der Waals surface area (Å²) in [5, 5.41) is 7.10. The fourth-order valence-corrected chi connectivity index (χ4v) is 2.41. The van der Waals surface area contributed by atoms with Crippen molar-refractivity contribution >= 4 is 51.2 Å². The van der Waals surface area contributed by atoms with Gasteiger partial charge in [-0.1, -0.05) is 51.8 Å². The highest BCUT2D eigenvalue weighted by Crippen LogP contribution is 2.16. The van der Waals surface area contributed by atoms with Crippen LogP contribution in [0.4, 0.5) is 5.69 Å². The number of hydrogen-bond acceptors (Lipinski definition) is 3. The van der Waals surface area contributed by atoms with Gasteiger partial charge in [-0.2, -0.15) is 5.10 Å². The fraction of sp³-hybridized carbons (Fsp3) is 0.118. The maximum Gasteiger partial charge on any atom is 0.240 e. The Balaban J connectivity index is 1.75. The molecule has 2 aromatic carbocycles. The largest absolute Gasteiger partial charge is 0.326 e. The van der Waals surface area contributed by atoms with E-state index in [0.717, 1.165) is 4.47 Å². The van der Waals surface area contributed by atoms with Gasteiger partial charge in [-0.15, -0.1) is 0 Å². The topological polar surface area (TPSA) is 70.6 Å². The first-order chi connectivity index (χ1) is 11.5. The number of anilines is 1. The van der Waals surface area contributed by atoms with Crippen molar-refractivity contribution in [2.45, 2.75) is 12.8 Å². The van der Waals surface area contributed by atoms with Gasteiger partial charge in [0, 0.05) is 33.6 Å². The summed E-state index contributed by atoms with van der Waals surface area (Å²) in [6.45, 7) is 0. The Hall–Kier alpha value is -2.18. The van der Waals surface area contributed by atoms with Crippen LogP contribution in [0.3, 0.4) is 0 Å². The molecule has 5 nitrogen and oxygen atoms in total. The average Bonchev–Trinajstić information content (AvgIpc) is 2.55. The van der Waals surface area contributed by atoms with E-state index >= 15 is 0 Å². The second-order valence-electron chi connectivity index (χ2n) is 4.87. The van der Waals surface area contributed by atoms with Crippen LogP contribution >= 0.6 is 27.5 Å². The zero-order valence-electron chi connectivity index (χ0n) is 12.6. The number of nitrogens with zero attached hydrogens (tertiary/aromatic N) is 1. The molecule has 2 amide bonds. The summed E-state index contributed by atoms with van der Waals surface area (Å²) >= 11 is 9.30. The van der Waals surface area contributed by atoms with Gasteiger partial charge in [-0.05, 0) is 24.3 Å². The monoisotopic (exact) mass is 407 g/mol. The molecule has 24 heavy (non-hydrogen) atoms. The van der Waals surface area contributed by atoms with Crippen molar-refractivity contribution in [2.24, 2.45) is 5.10 Å².